The van der Waals surface area contributed by atoms with Crippen molar-refractivity contribution in [1.29, 1.82) is 0 Å². The van der Waals surface area contributed by atoms with Crippen LogP contribution in [0.4, 0.5) is 0 Å². The van der Waals surface area contributed by atoms with Gasteiger partial charge in [-0.25, -0.2) is 9.78 Å². The quantitative estimate of drug-likeness (QED) is 0.621. The number of nitrogens with two attached hydrogens (primary N) is 1. The normalized spacial score (nSPS) is 12.8. The number of carbonyl (C=O) groups excluding carboxylic acids is 1. The molecule has 1 heterocycles. The van der Waals surface area contributed by atoms with E-state index in [-0.39, 0.29) is 18.8 Å². The summed E-state index contributed by atoms with van der Waals surface area (Å²) in [6.07, 6.45) is 0.137. The molecule has 0 fully saturated rings. The summed E-state index contributed by atoms with van der Waals surface area (Å²) in [6.45, 7) is 6.31. The van der Waals surface area contributed by atoms with Gasteiger partial charge in [-0.05, 0) is 20.8 Å². The lowest BCUT2D eigenvalue weighted by molar-refractivity contribution is 0.0173. The van der Waals surface area contributed by atoms with Gasteiger partial charge in [0, 0.05) is 5.38 Å². The van der Waals surface area contributed by atoms with Crippen molar-refractivity contribution in [3.63, 3.8) is 0 Å². The van der Waals surface area contributed by atoms with Crippen molar-refractivity contribution in [2.45, 2.75) is 32.9 Å². The second kappa shape index (κ2) is 6.68. The summed E-state index contributed by atoms with van der Waals surface area (Å²) < 4.78 is 10.3. The molecule has 0 saturated carbocycles. The minimum Gasteiger partial charge on any atom is -0.458 e. The Morgan fingerprint density at radius 2 is 2.18 bits per heavy atom. The maximum absolute atomic E-state index is 11.6. The lowest BCUT2D eigenvalue weighted by Crippen LogP contribution is -2.14. The standard InChI is InChI=1S/C11H18N2O3S/c1-7(2)15-4-5-16-11(14)9-6-17-10(13-9)8(3)12/h6-8H,4-5,12H2,1-3H3. The van der Waals surface area contributed by atoms with Gasteiger partial charge in [-0.3, -0.25) is 0 Å². The fourth-order valence-electron chi connectivity index (χ4n) is 1.08. The van der Waals surface area contributed by atoms with E-state index >= 15 is 0 Å². The minimum atomic E-state index is -0.430. The van der Waals surface area contributed by atoms with Crippen LogP contribution in [0.5, 0.6) is 0 Å². The van der Waals surface area contributed by atoms with Crippen molar-refractivity contribution in [1.82, 2.24) is 4.98 Å². The first kappa shape index (κ1) is 14.1. The molecule has 1 aromatic heterocycles. The van der Waals surface area contributed by atoms with Gasteiger partial charge in [0.05, 0.1) is 18.8 Å². The van der Waals surface area contributed by atoms with Gasteiger partial charge in [0.15, 0.2) is 5.69 Å². The zero-order valence-electron chi connectivity index (χ0n) is 10.3. The predicted octanol–water partition coefficient (Wildman–Crippen LogP) is 1.74. The third-order valence-corrected chi connectivity index (χ3v) is 2.93. The molecule has 0 amide bonds. The van der Waals surface area contributed by atoms with E-state index in [0.29, 0.717) is 12.3 Å². The first-order valence-electron chi connectivity index (χ1n) is 5.50. The summed E-state index contributed by atoms with van der Waals surface area (Å²) in [7, 11) is 0. The Hall–Kier alpha value is -0.980. The van der Waals surface area contributed by atoms with Crippen LogP contribution in [0.25, 0.3) is 0 Å². The number of thiazole rings is 1. The highest BCUT2D eigenvalue weighted by molar-refractivity contribution is 7.09. The van der Waals surface area contributed by atoms with Gasteiger partial charge in [0.2, 0.25) is 0 Å². The molecule has 0 aromatic carbocycles. The average Bonchev–Trinajstić information content (AvgIpc) is 2.73. The summed E-state index contributed by atoms with van der Waals surface area (Å²) in [6, 6.07) is -0.161. The van der Waals surface area contributed by atoms with E-state index in [0.717, 1.165) is 5.01 Å². The van der Waals surface area contributed by atoms with Gasteiger partial charge in [-0.1, -0.05) is 0 Å². The number of carbonyl (C=O) groups is 1. The number of hydrogen-bond donors (Lipinski definition) is 1. The molecule has 0 bridgehead atoms. The molecular weight excluding hydrogens is 240 g/mol. The number of esters is 1. The van der Waals surface area contributed by atoms with E-state index in [1.807, 2.05) is 20.8 Å². The Labute approximate surface area is 105 Å². The van der Waals surface area contributed by atoms with Gasteiger partial charge in [0.1, 0.15) is 11.6 Å². The molecule has 96 valence electrons. The van der Waals surface area contributed by atoms with Gasteiger partial charge in [0.25, 0.3) is 0 Å². The summed E-state index contributed by atoms with van der Waals surface area (Å²) in [5.41, 5.74) is 5.97. The van der Waals surface area contributed by atoms with Crippen LogP contribution in [0.2, 0.25) is 0 Å². The number of nitrogens with zero attached hydrogens (tertiary/aromatic N) is 1. The summed E-state index contributed by atoms with van der Waals surface area (Å²) in [5, 5.41) is 2.39. The van der Waals surface area contributed by atoms with Crippen molar-refractivity contribution in [3.8, 4) is 0 Å². The Bertz CT molecular complexity index is 363. The molecule has 0 saturated heterocycles. The molecule has 0 spiro atoms. The van der Waals surface area contributed by atoms with Crippen LogP contribution in [0.1, 0.15) is 42.3 Å². The van der Waals surface area contributed by atoms with Crippen molar-refractivity contribution < 1.29 is 14.3 Å². The van der Waals surface area contributed by atoms with Crippen LogP contribution in [-0.4, -0.2) is 30.3 Å². The van der Waals surface area contributed by atoms with Crippen LogP contribution in [0.3, 0.4) is 0 Å². The minimum absolute atomic E-state index is 0.137. The Kier molecular flexibility index (Phi) is 5.54. The molecule has 1 atom stereocenters. The van der Waals surface area contributed by atoms with Crippen molar-refractivity contribution in [2.24, 2.45) is 5.73 Å². The lowest BCUT2D eigenvalue weighted by atomic mass is 10.4. The van der Waals surface area contributed by atoms with Crippen LogP contribution >= 0.6 is 11.3 Å². The van der Waals surface area contributed by atoms with Crippen molar-refractivity contribution in [2.75, 3.05) is 13.2 Å². The van der Waals surface area contributed by atoms with E-state index in [1.54, 1.807) is 5.38 Å². The van der Waals surface area contributed by atoms with E-state index in [9.17, 15) is 4.79 Å². The third kappa shape index (κ3) is 4.80. The number of hydrogen-bond acceptors (Lipinski definition) is 6. The van der Waals surface area contributed by atoms with Gasteiger partial charge in [-0.2, -0.15) is 0 Å². The molecule has 6 heteroatoms. The molecule has 0 aliphatic rings. The number of rotatable bonds is 6. The zero-order chi connectivity index (χ0) is 12.8. The molecule has 5 nitrogen and oxygen atoms in total. The third-order valence-electron chi connectivity index (χ3n) is 1.89. The summed E-state index contributed by atoms with van der Waals surface area (Å²) in [4.78, 5) is 15.7. The first-order valence-corrected chi connectivity index (χ1v) is 6.38. The molecule has 1 unspecified atom stereocenters. The number of aromatic nitrogens is 1. The molecule has 0 radical (unpaired) electrons. The van der Waals surface area contributed by atoms with E-state index in [4.69, 9.17) is 15.2 Å². The van der Waals surface area contributed by atoms with Gasteiger partial charge in [-0.15, -0.1) is 11.3 Å². The van der Waals surface area contributed by atoms with E-state index < -0.39 is 5.97 Å². The predicted molar refractivity (Wildman–Crippen MR) is 66.1 cm³/mol. The van der Waals surface area contributed by atoms with Crippen LogP contribution < -0.4 is 5.73 Å². The lowest BCUT2D eigenvalue weighted by Gasteiger charge is -2.07. The van der Waals surface area contributed by atoms with Gasteiger partial charge >= 0.3 is 5.97 Å². The smallest absolute Gasteiger partial charge is 0.357 e. The van der Waals surface area contributed by atoms with Crippen LogP contribution in [-0.2, 0) is 9.47 Å². The second-order valence-corrected chi connectivity index (χ2v) is 4.80. The highest BCUT2D eigenvalue weighted by Gasteiger charge is 2.13. The Morgan fingerprint density at radius 3 is 2.71 bits per heavy atom. The Balaban J connectivity index is 2.36. The molecule has 0 aliphatic carbocycles. The molecular formula is C11H18N2O3S. The average molecular weight is 258 g/mol. The highest BCUT2D eigenvalue weighted by atomic mass is 32.1. The maximum atomic E-state index is 11.6. The van der Waals surface area contributed by atoms with Crippen molar-refractivity contribution >= 4 is 17.3 Å². The molecule has 1 rings (SSSR count). The highest BCUT2D eigenvalue weighted by Crippen LogP contribution is 2.16. The van der Waals surface area contributed by atoms with Crippen molar-refractivity contribution in [3.05, 3.63) is 16.1 Å². The fourth-order valence-corrected chi connectivity index (χ4v) is 1.83. The number of ether oxygens (including phenoxy) is 2. The fraction of sp³-hybridized carbons (Fsp3) is 0.636. The molecule has 1 aromatic rings. The first-order chi connectivity index (χ1) is 8.00. The topological polar surface area (TPSA) is 74.4 Å². The Morgan fingerprint density at radius 1 is 1.47 bits per heavy atom. The van der Waals surface area contributed by atoms with Gasteiger partial charge < -0.3 is 15.2 Å². The van der Waals surface area contributed by atoms with Crippen LogP contribution in [0.15, 0.2) is 5.38 Å². The SMILES string of the molecule is CC(C)OCCOC(=O)c1csc(C(C)N)n1. The molecule has 2 N–H and O–H groups in total. The maximum Gasteiger partial charge on any atom is 0.357 e. The largest absolute Gasteiger partial charge is 0.458 e. The second-order valence-electron chi connectivity index (χ2n) is 3.92. The van der Waals surface area contributed by atoms with E-state index in [1.165, 1.54) is 11.3 Å². The monoisotopic (exact) mass is 258 g/mol. The summed E-state index contributed by atoms with van der Waals surface area (Å²) in [5.74, 6) is -0.430. The summed E-state index contributed by atoms with van der Waals surface area (Å²) >= 11 is 1.36. The zero-order valence-corrected chi connectivity index (χ0v) is 11.1. The molecule has 17 heavy (non-hydrogen) atoms. The van der Waals surface area contributed by atoms with Crippen LogP contribution in [0, 0.1) is 0 Å². The molecule has 0 aliphatic heterocycles. The van der Waals surface area contributed by atoms with E-state index in [2.05, 4.69) is 4.98 Å².